The number of hydrogen-bond donors (Lipinski definition) is 1. The maximum Gasteiger partial charge on any atom is 0.410 e. The first-order valence-corrected chi connectivity index (χ1v) is 10.3. The summed E-state index contributed by atoms with van der Waals surface area (Å²) in [5.41, 5.74) is 0.324. The monoisotopic (exact) mass is 444 g/mol. The van der Waals surface area contributed by atoms with Crippen molar-refractivity contribution in [2.45, 2.75) is 50.4 Å². The van der Waals surface area contributed by atoms with E-state index in [1.54, 1.807) is 4.90 Å². The highest BCUT2D eigenvalue weighted by molar-refractivity contribution is 6.36. The van der Waals surface area contributed by atoms with Gasteiger partial charge in [-0.1, -0.05) is 36.6 Å². The fourth-order valence-electron chi connectivity index (χ4n) is 4.06. The number of carbonyl (C=O) groups is 1. The van der Waals surface area contributed by atoms with Crippen LogP contribution in [-0.2, 0) is 0 Å². The molecule has 1 aromatic heterocycles. The molecule has 5 nitrogen and oxygen atoms in total. The van der Waals surface area contributed by atoms with E-state index in [1.165, 1.54) is 24.3 Å². The van der Waals surface area contributed by atoms with Gasteiger partial charge < -0.3 is 10.2 Å². The Balaban J connectivity index is 1.70. The topological polar surface area (TPSA) is 50.2 Å². The van der Waals surface area contributed by atoms with Crippen LogP contribution in [0.25, 0.3) is 0 Å². The Hall–Kier alpha value is -2.29. The minimum atomic E-state index is -4.59. The molecule has 10 heteroatoms. The molecule has 0 unspecified atom stereocenters. The minimum Gasteiger partial charge on any atom is -0.362 e. The molecule has 1 amide bonds. The lowest BCUT2D eigenvalue weighted by molar-refractivity contribution is -0.173. The second-order valence-electron chi connectivity index (χ2n) is 7.70. The van der Waals surface area contributed by atoms with Crippen molar-refractivity contribution < 1.29 is 22.4 Å². The molecule has 1 aromatic carbocycles. The average molecular weight is 445 g/mol. The number of alkyl halides is 3. The fourth-order valence-corrected chi connectivity index (χ4v) is 4.32. The van der Waals surface area contributed by atoms with Crippen molar-refractivity contribution in [3.05, 3.63) is 46.4 Å². The van der Waals surface area contributed by atoms with Crippen molar-refractivity contribution in [2.75, 3.05) is 18.4 Å². The molecule has 2 aromatic rings. The van der Waals surface area contributed by atoms with Crippen LogP contribution in [0.4, 0.5) is 23.4 Å². The summed E-state index contributed by atoms with van der Waals surface area (Å²) >= 11 is 6.37. The predicted octanol–water partition coefficient (Wildman–Crippen LogP) is 5.35. The highest BCUT2D eigenvalue weighted by Gasteiger charge is 2.48. The molecular formula is C20H21ClF4N4O. The van der Waals surface area contributed by atoms with Gasteiger partial charge in [0, 0.05) is 19.5 Å². The van der Waals surface area contributed by atoms with Crippen molar-refractivity contribution in [3.63, 3.8) is 0 Å². The predicted molar refractivity (Wildman–Crippen MR) is 104 cm³/mol. The SMILES string of the molecule is O=C(c1nn2c(c1Cl)N[C@@H](c1ccc(F)cc1)C[C@@H]2C(F)(F)F)N1CCCCCC1. The van der Waals surface area contributed by atoms with Crippen LogP contribution in [-0.4, -0.2) is 39.9 Å². The first-order chi connectivity index (χ1) is 14.3. The van der Waals surface area contributed by atoms with E-state index in [-0.39, 0.29) is 23.0 Å². The van der Waals surface area contributed by atoms with Crippen LogP contribution in [0.1, 0.15) is 60.2 Å². The smallest absolute Gasteiger partial charge is 0.362 e. The third kappa shape index (κ3) is 3.99. The quantitative estimate of drug-likeness (QED) is 0.635. The van der Waals surface area contributed by atoms with E-state index in [0.29, 0.717) is 18.7 Å². The van der Waals surface area contributed by atoms with Gasteiger partial charge in [-0.2, -0.15) is 18.3 Å². The van der Waals surface area contributed by atoms with Gasteiger partial charge in [-0.25, -0.2) is 9.07 Å². The molecule has 0 bridgehead atoms. The van der Waals surface area contributed by atoms with Crippen LogP contribution in [0.2, 0.25) is 5.02 Å². The summed E-state index contributed by atoms with van der Waals surface area (Å²) in [5, 5.41) is 6.85. The summed E-state index contributed by atoms with van der Waals surface area (Å²) in [4.78, 5) is 14.6. The van der Waals surface area contributed by atoms with Crippen LogP contribution in [0, 0.1) is 5.82 Å². The van der Waals surface area contributed by atoms with Crippen LogP contribution < -0.4 is 5.32 Å². The maximum atomic E-state index is 13.8. The summed E-state index contributed by atoms with van der Waals surface area (Å²) in [5.74, 6) is -0.974. The Kier molecular flexibility index (Phi) is 5.65. The summed E-state index contributed by atoms with van der Waals surface area (Å²) in [6.07, 6.45) is -1.24. The summed E-state index contributed by atoms with van der Waals surface area (Å²) < 4.78 is 55.5. The fraction of sp³-hybridized carbons (Fsp3) is 0.500. The van der Waals surface area contributed by atoms with Crippen molar-refractivity contribution in [1.82, 2.24) is 14.7 Å². The van der Waals surface area contributed by atoms with E-state index >= 15 is 0 Å². The second kappa shape index (κ2) is 8.09. The molecule has 2 aliphatic heterocycles. The lowest BCUT2D eigenvalue weighted by Gasteiger charge is -2.33. The molecule has 2 atom stereocenters. The van der Waals surface area contributed by atoms with E-state index < -0.39 is 30.0 Å². The number of likely N-dealkylation sites (tertiary alicyclic amines) is 1. The number of anilines is 1. The number of benzene rings is 1. The van der Waals surface area contributed by atoms with E-state index in [9.17, 15) is 22.4 Å². The van der Waals surface area contributed by atoms with Gasteiger partial charge in [0.2, 0.25) is 0 Å². The van der Waals surface area contributed by atoms with Crippen LogP contribution in [0.5, 0.6) is 0 Å². The number of aromatic nitrogens is 2. The highest BCUT2D eigenvalue weighted by atomic mass is 35.5. The van der Waals surface area contributed by atoms with Gasteiger partial charge in [-0.15, -0.1) is 0 Å². The third-order valence-electron chi connectivity index (χ3n) is 5.66. The number of nitrogens with zero attached hydrogens (tertiary/aromatic N) is 3. The molecule has 0 spiro atoms. The number of amides is 1. The van der Waals surface area contributed by atoms with Gasteiger partial charge in [-0.05, 0) is 30.5 Å². The zero-order chi connectivity index (χ0) is 21.5. The molecule has 2 aliphatic rings. The molecule has 0 aliphatic carbocycles. The Morgan fingerprint density at radius 1 is 1.10 bits per heavy atom. The zero-order valence-corrected chi connectivity index (χ0v) is 16.8. The van der Waals surface area contributed by atoms with Gasteiger partial charge in [-0.3, -0.25) is 4.79 Å². The molecule has 0 radical (unpaired) electrons. The molecule has 3 heterocycles. The van der Waals surface area contributed by atoms with Gasteiger partial charge in [0.05, 0.1) is 6.04 Å². The van der Waals surface area contributed by atoms with E-state index in [2.05, 4.69) is 10.4 Å². The van der Waals surface area contributed by atoms with Gasteiger partial charge in [0.25, 0.3) is 5.91 Å². The first kappa shape index (κ1) is 21.0. The van der Waals surface area contributed by atoms with Gasteiger partial charge in [0.1, 0.15) is 16.7 Å². The summed E-state index contributed by atoms with van der Waals surface area (Å²) in [6, 6.07) is 2.56. The Bertz CT molecular complexity index is 920. The summed E-state index contributed by atoms with van der Waals surface area (Å²) in [7, 11) is 0. The number of carbonyl (C=O) groups excluding carboxylic acids is 1. The zero-order valence-electron chi connectivity index (χ0n) is 16.1. The molecule has 1 fully saturated rings. The lowest BCUT2D eigenvalue weighted by atomic mass is 9.97. The maximum absolute atomic E-state index is 13.8. The van der Waals surface area contributed by atoms with Crippen molar-refractivity contribution in [3.8, 4) is 0 Å². The normalized spacial score (nSPS) is 22.2. The lowest BCUT2D eigenvalue weighted by Crippen LogP contribution is -2.36. The van der Waals surface area contributed by atoms with Gasteiger partial charge >= 0.3 is 6.18 Å². The number of nitrogens with one attached hydrogen (secondary N) is 1. The molecule has 4 rings (SSSR count). The second-order valence-corrected chi connectivity index (χ2v) is 8.08. The van der Waals surface area contributed by atoms with Crippen LogP contribution in [0.3, 0.4) is 0 Å². The number of rotatable bonds is 2. The number of halogens is 5. The third-order valence-corrected chi connectivity index (χ3v) is 6.02. The molecule has 0 saturated carbocycles. The molecule has 1 N–H and O–H groups in total. The summed E-state index contributed by atoms with van der Waals surface area (Å²) in [6.45, 7) is 1.07. The number of fused-ring (bicyclic) bond motifs is 1. The Morgan fingerprint density at radius 2 is 1.73 bits per heavy atom. The first-order valence-electron chi connectivity index (χ1n) is 9.91. The van der Waals surface area contributed by atoms with Crippen LogP contribution in [0.15, 0.2) is 24.3 Å². The standard InChI is InChI=1S/C20H21ClF4N4O/c21-16-17(19(30)28-9-3-1-2-4-10-28)27-29-15(20(23,24)25)11-14(26-18(16)29)12-5-7-13(22)8-6-12/h5-8,14-15,26H,1-4,9-11H2/t14-,15-/m1/s1. The number of hydrogen-bond acceptors (Lipinski definition) is 3. The van der Waals surface area contributed by atoms with Gasteiger partial charge in [0.15, 0.2) is 11.7 Å². The minimum absolute atomic E-state index is 0.0438. The molecule has 30 heavy (non-hydrogen) atoms. The van der Waals surface area contributed by atoms with Crippen molar-refractivity contribution >= 4 is 23.3 Å². The molecular weight excluding hydrogens is 424 g/mol. The molecule has 162 valence electrons. The largest absolute Gasteiger partial charge is 0.410 e. The van der Waals surface area contributed by atoms with E-state index in [0.717, 1.165) is 30.4 Å². The van der Waals surface area contributed by atoms with Crippen LogP contribution >= 0.6 is 11.6 Å². The van der Waals surface area contributed by atoms with Crippen molar-refractivity contribution in [2.24, 2.45) is 0 Å². The molecule has 1 saturated heterocycles. The van der Waals surface area contributed by atoms with E-state index in [4.69, 9.17) is 11.6 Å². The Labute approximate surface area is 176 Å². The van der Waals surface area contributed by atoms with E-state index in [1.807, 2.05) is 0 Å². The average Bonchev–Trinajstić information content (AvgIpc) is 2.88. The highest BCUT2D eigenvalue weighted by Crippen LogP contribution is 2.46. The Morgan fingerprint density at radius 3 is 2.33 bits per heavy atom. The van der Waals surface area contributed by atoms with Crippen molar-refractivity contribution in [1.29, 1.82) is 0 Å².